The predicted molar refractivity (Wildman–Crippen MR) is 131 cm³/mol. The van der Waals surface area contributed by atoms with Gasteiger partial charge in [-0.25, -0.2) is 8.42 Å². The molecule has 36 heavy (non-hydrogen) atoms. The fourth-order valence-corrected chi connectivity index (χ4v) is 5.35. The summed E-state index contributed by atoms with van der Waals surface area (Å²) >= 11 is 0. The molecule has 0 bridgehead atoms. The van der Waals surface area contributed by atoms with Crippen LogP contribution in [0.2, 0.25) is 0 Å². The van der Waals surface area contributed by atoms with E-state index in [0.717, 1.165) is 11.1 Å². The second-order valence-corrected chi connectivity index (χ2v) is 10.9. The van der Waals surface area contributed by atoms with E-state index in [1.807, 2.05) is 13.0 Å². The summed E-state index contributed by atoms with van der Waals surface area (Å²) in [7, 11) is -3.73. The van der Waals surface area contributed by atoms with Gasteiger partial charge in [-0.15, -0.1) is 0 Å². The van der Waals surface area contributed by atoms with E-state index >= 15 is 0 Å². The van der Waals surface area contributed by atoms with Crippen molar-refractivity contribution >= 4 is 15.9 Å². The van der Waals surface area contributed by atoms with Crippen molar-refractivity contribution < 1.29 is 38.4 Å². The highest BCUT2D eigenvalue weighted by molar-refractivity contribution is 7.89. The summed E-state index contributed by atoms with van der Waals surface area (Å²) in [6, 6.07) is 15.4. The molecule has 2 aromatic carbocycles. The van der Waals surface area contributed by atoms with Gasteiger partial charge in [0, 0.05) is 26.2 Å². The average molecular weight is 523 g/mol. The average Bonchev–Trinajstić information content (AvgIpc) is 2.88. The number of hydrogen-bond donors (Lipinski definition) is 4. The first-order chi connectivity index (χ1) is 17.0. The molecular formula is C25H34N2O8S. The van der Waals surface area contributed by atoms with Gasteiger partial charge in [0.25, 0.3) is 5.91 Å². The highest BCUT2D eigenvalue weighted by Crippen LogP contribution is 2.21. The first-order valence-corrected chi connectivity index (χ1v) is 13.2. The summed E-state index contributed by atoms with van der Waals surface area (Å²) in [5.74, 6) is -0.650. The zero-order valence-electron chi connectivity index (χ0n) is 20.3. The second kappa shape index (κ2) is 12.2. The fraction of sp³-hybridized carbons (Fsp3) is 0.480. The molecule has 4 N–H and O–H groups in total. The van der Waals surface area contributed by atoms with Crippen LogP contribution in [0.4, 0.5) is 0 Å². The van der Waals surface area contributed by atoms with Gasteiger partial charge < -0.3 is 30.1 Å². The Morgan fingerprint density at radius 2 is 1.47 bits per heavy atom. The monoisotopic (exact) mass is 522 g/mol. The van der Waals surface area contributed by atoms with Crippen molar-refractivity contribution in [3.05, 3.63) is 65.7 Å². The summed E-state index contributed by atoms with van der Waals surface area (Å²) in [6.45, 7) is 3.25. The summed E-state index contributed by atoms with van der Waals surface area (Å²) < 4.78 is 33.0. The number of amides is 1. The first kappa shape index (κ1) is 28.2. The number of aliphatic hydroxyl groups is 4. The molecule has 0 radical (unpaired) electrons. The van der Waals surface area contributed by atoms with Crippen LogP contribution in [0.5, 0.6) is 0 Å². The van der Waals surface area contributed by atoms with Crippen LogP contribution in [-0.2, 0) is 26.2 Å². The maximum atomic E-state index is 13.3. The topological polar surface area (TPSA) is 148 Å². The van der Waals surface area contributed by atoms with E-state index in [-0.39, 0.29) is 37.7 Å². The number of ether oxygens (including phenoxy) is 1. The number of hydrogen-bond acceptors (Lipinski definition) is 8. The third-order valence-corrected chi connectivity index (χ3v) is 8.14. The second-order valence-electron chi connectivity index (χ2n) is 8.97. The minimum Gasteiger partial charge on any atom is -0.391 e. The van der Waals surface area contributed by atoms with Gasteiger partial charge in [-0.3, -0.25) is 4.79 Å². The summed E-state index contributed by atoms with van der Waals surface area (Å²) in [4.78, 5) is 14.9. The van der Waals surface area contributed by atoms with Gasteiger partial charge >= 0.3 is 0 Å². The quantitative estimate of drug-likeness (QED) is 0.338. The van der Waals surface area contributed by atoms with Crippen molar-refractivity contribution in [2.24, 2.45) is 0 Å². The number of benzene rings is 2. The predicted octanol–water partition coefficient (Wildman–Crippen LogP) is -0.123. The van der Waals surface area contributed by atoms with Crippen molar-refractivity contribution in [3.63, 3.8) is 0 Å². The van der Waals surface area contributed by atoms with Gasteiger partial charge in [0.1, 0.15) is 18.3 Å². The molecule has 1 heterocycles. The number of sulfonamides is 1. The number of nitrogens with zero attached hydrogens (tertiary/aromatic N) is 2. The van der Waals surface area contributed by atoms with Crippen molar-refractivity contribution in [3.8, 4) is 0 Å². The van der Waals surface area contributed by atoms with Gasteiger partial charge in [-0.1, -0.05) is 48.0 Å². The number of rotatable bonds is 10. The zero-order valence-corrected chi connectivity index (χ0v) is 21.2. The Labute approximate surface area is 211 Å². The summed E-state index contributed by atoms with van der Waals surface area (Å²) in [5, 5.41) is 40.7. The molecule has 1 aliphatic rings. The van der Waals surface area contributed by atoms with Crippen LogP contribution >= 0.6 is 0 Å². The maximum Gasteiger partial charge on any atom is 0.254 e. The van der Waals surface area contributed by atoms with E-state index < -0.39 is 46.5 Å². The van der Waals surface area contributed by atoms with Crippen LogP contribution in [0.3, 0.4) is 0 Å². The van der Waals surface area contributed by atoms with E-state index in [1.165, 1.54) is 16.1 Å². The van der Waals surface area contributed by atoms with Crippen LogP contribution < -0.4 is 0 Å². The van der Waals surface area contributed by atoms with E-state index in [9.17, 15) is 33.6 Å². The third kappa shape index (κ3) is 6.68. The molecule has 0 spiro atoms. The molecule has 1 unspecified atom stereocenters. The van der Waals surface area contributed by atoms with E-state index in [2.05, 4.69) is 0 Å². The van der Waals surface area contributed by atoms with Crippen LogP contribution in [-0.4, -0.2) is 101 Å². The number of aryl methyl sites for hydroxylation is 1. The molecule has 0 saturated carbocycles. The summed E-state index contributed by atoms with van der Waals surface area (Å²) in [6.07, 6.45) is -8.28. The molecule has 11 heteroatoms. The van der Waals surface area contributed by atoms with Crippen LogP contribution in [0.15, 0.2) is 59.5 Å². The number of aliphatic hydroxyl groups excluding tert-OH is 4. The number of piperazine rings is 1. The molecule has 1 aliphatic heterocycles. The molecule has 10 nitrogen and oxygen atoms in total. The fourth-order valence-electron chi connectivity index (χ4n) is 3.93. The lowest BCUT2D eigenvalue weighted by atomic mass is 9.98. The molecule has 3 rings (SSSR count). The van der Waals surface area contributed by atoms with Crippen LogP contribution in [0, 0.1) is 6.92 Å². The van der Waals surface area contributed by atoms with Gasteiger partial charge in [0.2, 0.25) is 10.0 Å². The lowest BCUT2D eigenvalue weighted by Crippen LogP contribution is -2.58. The Morgan fingerprint density at radius 3 is 2.03 bits per heavy atom. The maximum absolute atomic E-state index is 13.3. The van der Waals surface area contributed by atoms with Crippen molar-refractivity contribution in [1.29, 1.82) is 0 Å². The Hall–Kier alpha value is -2.38. The molecule has 1 saturated heterocycles. The molecular weight excluding hydrogens is 488 g/mol. The van der Waals surface area contributed by atoms with Crippen molar-refractivity contribution in [2.75, 3.05) is 26.2 Å². The largest absolute Gasteiger partial charge is 0.391 e. The van der Waals surface area contributed by atoms with Gasteiger partial charge in [0.05, 0.1) is 17.6 Å². The SMILES string of the molecule is Cc1ccc(S(=O)(=O)N2CCN(C(=O)[C@H](OCc3ccccc3)[C@@H](O)[C@H](O)C(O)[C@@H](C)O)CC2)cc1. The minimum atomic E-state index is -3.73. The first-order valence-electron chi connectivity index (χ1n) is 11.8. The van der Waals surface area contributed by atoms with Gasteiger partial charge in [0.15, 0.2) is 6.10 Å². The standard InChI is InChI=1S/C25H34N2O8S/c1-17-8-10-20(11-9-17)36(33,34)27-14-12-26(13-15-27)25(32)24(23(31)22(30)21(29)18(2)28)35-16-19-6-4-3-5-7-19/h3-11,18,21-24,28-31H,12-16H2,1-2H3/t18-,21?,22-,23+,24-/m1/s1. The summed E-state index contributed by atoms with van der Waals surface area (Å²) in [5.41, 5.74) is 1.66. The zero-order chi connectivity index (χ0) is 26.5. The van der Waals surface area contributed by atoms with Crippen molar-refractivity contribution in [1.82, 2.24) is 9.21 Å². The smallest absolute Gasteiger partial charge is 0.254 e. The van der Waals surface area contributed by atoms with E-state index in [4.69, 9.17) is 4.74 Å². The lowest BCUT2D eigenvalue weighted by Gasteiger charge is -2.37. The minimum absolute atomic E-state index is 0.0440. The normalized spacial score (nSPS) is 19.3. The third-order valence-electron chi connectivity index (χ3n) is 6.23. The Kier molecular flexibility index (Phi) is 9.59. The highest BCUT2D eigenvalue weighted by atomic mass is 32.2. The van der Waals surface area contributed by atoms with Gasteiger partial charge in [-0.2, -0.15) is 4.31 Å². The Bertz CT molecular complexity index is 1090. The lowest BCUT2D eigenvalue weighted by molar-refractivity contribution is -0.172. The molecule has 1 fully saturated rings. The molecule has 0 aromatic heterocycles. The molecule has 5 atom stereocenters. The van der Waals surface area contributed by atoms with E-state index in [1.54, 1.807) is 48.5 Å². The van der Waals surface area contributed by atoms with E-state index in [0.29, 0.717) is 0 Å². The number of carbonyl (C=O) groups excluding carboxylic acids is 1. The van der Waals surface area contributed by atoms with Gasteiger partial charge in [-0.05, 0) is 31.5 Å². The molecule has 1 amide bonds. The van der Waals surface area contributed by atoms with Crippen molar-refractivity contribution in [2.45, 2.75) is 55.9 Å². The molecule has 2 aromatic rings. The van der Waals surface area contributed by atoms with Crippen LogP contribution in [0.25, 0.3) is 0 Å². The Morgan fingerprint density at radius 1 is 0.889 bits per heavy atom. The number of carbonyl (C=O) groups is 1. The molecule has 198 valence electrons. The molecule has 0 aliphatic carbocycles. The highest BCUT2D eigenvalue weighted by Gasteiger charge is 2.41. The van der Waals surface area contributed by atoms with Crippen LogP contribution in [0.1, 0.15) is 18.1 Å². The Balaban J connectivity index is 1.72.